The highest BCUT2D eigenvalue weighted by Crippen LogP contribution is 2.17. The van der Waals surface area contributed by atoms with Gasteiger partial charge in [-0.25, -0.2) is 0 Å². The lowest BCUT2D eigenvalue weighted by atomic mass is 9.99. The van der Waals surface area contributed by atoms with E-state index in [1.165, 1.54) is 88.9 Å². The topological polar surface area (TPSA) is 38.0 Å². The summed E-state index contributed by atoms with van der Waals surface area (Å²) in [5.74, 6) is 0.297. The molecule has 2 saturated heterocycles. The minimum Gasteiger partial charge on any atom is -0.348 e. The summed E-state index contributed by atoms with van der Waals surface area (Å²) in [6.45, 7) is 7.28. The van der Waals surface area contributed by atoms with Gasteiger partial charge in [0.25, 0.3) is 5.91 Å². The Balaban J connectivity index is 1.42. The summed E-state index contributed by atoms with van der Waals surface area (Å²) in [4.78, 5) is 15.8. The standard InChI is InChI=1S/C18H33N3O/c1-15(18(22)19-16-7-3-4-8-16)20-13-9-17(10-14-20)21-11-5-2-6-12-21/h15-17H,2-14H2,1H3,(H,19,22)/p+2/t15-/m0/s1. The van der Waals surface area contributed by atoms with Crippen molar-refractivity contribution in [3.63, 3.8) is 0 Å². The van der Waals surface area contributed by atoms with E-state index >= 15 is 0 Å². The van der Waals surface area contributed by atoms with E-state index in [4.69, 9.17) is 0 Å². The quantitative estimate of drug-likeness (QED) is 0.647. The van der Waals surface area contributed by atoms with Crippen molar-refractivity contribution in [2.75, 3.05) is 26.2 Å². The Morgan fingerprint density at radius 3 is 2.18 bits per heavy atom. The monoisotopic (exact) mass is 309 g/mol. The van der Waals surface area contributed by atoms with Crippen molar-refractivity contribution in [3.05, 3.63) is 0 Å². The predicted octanol–water partition coefficient (Wildman–Crippen LogP) is -0.450. The second-order valence-electron chi connectivity index (χ2n) is 7.86. The Morgan fingerprint density at radius 1 is 0.909 bits per heavy atom. The van der Waals surface area contributed by atoms with Crippen molar-refractivity contribution in [1.82, 2.24) is 5.32 Å². The zero-order valence-electron chi connectivity index (χ0n) is 14.3. The smallest absolute Gasteiger partial charge is 0.278 e. The summed E-state index contributed by atoms with van der Waals surface area (Å²) in [5.41, 5.74) is 0. The molecular formula is C18H35N3O+2. The van der Waals surface area contributed by atoms with E-state index in [1.54, 1.807) is 0 Å². The summed E-state index contributed by atoms with van der Waals surface area (Å²) >= 11 is 0. The average molecular weight is 309 g/mol. The molecule has 3 aliphatic rings. The third-order valence-electron chi connectivity index (χ3n) is 6.41. The lowest BCUT2D eigenvalue weighted by Crippen LogP contribution is -3.22. The van der Waals surface area contributed by atoms with Gasteiger partial charge in [-0.3, -0.25) is 4.79 Å². The number of hydrogen-bond donors (Lipinski definition) is 3. The number of likely N-dealkylation sites (tertiary alicyclic amines) is 2. The van der Waals surface area contributed by atoms with Crippen LogP contribution in [0.1, 0.15) is 64.7 Å². The molecule has 0 aromatic rings. The van der Waals surface area contributed by atoms with Crippen LogP contribution in [0.4, 0.5) is 0 Å². The number of amides is 1. The number of nitrogens with one attached hydrogen (secondary N) is 3. The second kappa shape index (κ2) is 7.78. The molecule has 22 heavy (non-hydrogen) atoms. The number of carbonyl (C=O) groups excluding carboxylic acids is 1. The number of carbonyl (C=O) groups is 1. The van der Waals surface area contributed by atoms with E-state index in [9.17, 15) is 4.79 Å². The minimum absolute atomic E-state index is 0.137. The molecule has 1 saturated carbocycles. The predicted molar refractivity (Wildman–Crippen MR) is 88.1 cm³/mol. The van der Waals surface area contributed by atoms with Gasteiger partial charge in [0.2, 0.25) is 0 Å². The Labute approximate surface area is 135 Å². The van der Waals surface area contributed by atoms with Crippen LogP contribution >= 0.6 is 0 Å². The maximum Gasteiger partial charge on any atom is 0.278 e. The lowest BCUT2D eigenvalue weighted by Gasteiger charge is -2.37. The number of rotatable bonds is 4. The van der Waals surface area contributed by atoms with Crippen LogP contribution in [0.3, 0.4) is 0 Å². The highest BCUT2D eigenvalue weighted by Gasteiger charge is 2.35. The fourth-order valence-electron chi connectivity index (χ4n) is 4.83. The van der Waals surface area contributed by atoms with Gasteiger partial charge in [-0.2, -0.15) is 0 Å². The molecule has 0 aromatic heterocycles. The van der Waals surface area contributed by atoms with Gasteiger partial charge in [0.1, 0.15) is 0 Å². The fourth-order valence-corrected chi connectivity index (χ4v) is 4.83. The summed E-state index contributed by atoms with van der Waals surface area (Å²) < 4.78 is 0. The van der Waals surface area contributed by atoms with Gasteiger partial charge in [-0.15, -0.1) is 0 Å². The van der Waals surface area contributed by atoms with Crippen LogP contribution in [-0.4, -0.2) is 50.2 Å². The number of piperidine rings is 2. The third-order valence-corrected chi connectivity index (χ3v) is 6.41. The third kappa shape index (κ3) is 4.02. The Morgan fingerprint density at radius 2 is 1.55 bits per heavy atom. The van der Waals surface area contributed by atoms with Gasteiger partial charge in [-0.1, -0.05) is 12.8 Å². The highest BCUT2D eigenvalue weighted by atomic mass is 16.2. The summed E-state index contributed by atoms with van der Waals surface area (Å²) in [6.07, 6.45) is 11.9. The van der Waals surface area contributed by atoms with E-state index in [0.717, 1.165) is 6.04 Å². The maximum atomic E-state index is 12.4. The molecule has 0 unspecified atom stereocenters. The van der Waals surface area contributed by atoms with E-state index in [1.807, 2.05) is 4.90 Å². The van der Waals surface area contributed by atoms with Gasteiger partial charge in [0.15, 0.2) is 6.04 Å². The first-order chi connectivity index (χ1) is 10.7. The van der Waals surface area contributed by atoms with Crippen LogP contribution in [0.2, 0.25) is 0 Å². The summed E-state index contributed by atoms with van der Waals surface area (Å²) in [5, 5.41) is 3.29. The van der Waals surface area contributed by atoms with Crippen LogP contribution in [0.25, 0.3) is 0 Å². The van der Waals surface area contributed by atoms with Crippen molar-refractivity contribution < 1.29 is 14.6 Å². The Kier molecular flexibility index (Phi) is 5.75. The van der Waals surface area contributed by atoms with Crippen molar-refractivity contribution in [2.24, 2.45) is 0 Å². The van der Waals surface area contributed by atoms with Gasteiger partial charge in [-0.05, 0) is 39.0 Å². The van der Waals surface area contributed by atoms with Crippen molar-refractivity contribution in [3.8, 4) is 0 Å². The van der Waals surface area contributed by atoms with Crippen LogP contribution < -0.4 is 15.1 Å². The van der Waals surface area contributed by atoms with Crippen molar-refractivity contribution in [2.45, 2.75) is 82.8 Å². The molecule has 126 valence electrons. The zero-order valence-corrected chi connectivity index (χ0v) is 14.3. The SMILES string of the molecule is C[C@@H](C(=O)NC1CCCC1)[NH+]1CCC([NH+]2CCCCC2)CC1. The van der Waals surface area contributed by atoms with Crippen molar-refractivity contribution >= 4 is 5.91 Å². The maximum absolute atomic E-state index is 12.4. The largest absolute Gasteiger partial charge is 0.348 e. The number of hydrogen-bond acceptors (Lipinski definition) is 1. The van der Waals surface area contributed by atoms with Gasteiger partial charge >= 0.3 is 0 Å². The van der Waals surface area contributed by atoms with Gasteiger partial charge in [0, 0.05) is 18.9 Å². The molecule has 0 radical (unpaired) electrons. The van der Waals surface area contributed by atoms with E-state index < -0.39 is 0 Å². The molecule has 2 heterocycles. The molecule has 3 N–H and O–H groups in total. The van der Waals surface area contributed by atoms with Crippen LogP contribution in [-0.2, 0) is 4.79 Å². The Hall–Kier alpha value is -0.610. The van der Waals surface area contributed by atoms with Crippen LogP contribution in [0.5, 0.6) is 0 Å². The van der Waals surface area contributed by atoms with Gasteiger partial charge < -0.3 is 15.1 Å². The molecule has 1 atom stereocenters. The van der Waals surface area contributed by atoms with E-state index in [0.29, 0.717) is 11.9 Å². The number of quaternary nitrogens is 2. The molecule has 4 heteroatoms. The molecule has 0 aromatic carbocycles. The summed E-state index contributed by atoms with van der Waals surface area (Å²) in [7, 11) is 0. The summed E-state index contributed by atoms with van der Waals surface area (Å²) in [6, 6.07) is 1.47. The first-order valence-electron chi connectivity index (χ1n) is 9.73. The van der Waals surface area contributed by atoms with E-state index in [2.05, 4.69) is 12.2 Å². The fraction of sp³-hybridized carbons (Fsp3) is 0.944. The minimum atomic E-state index is 0.137. The molecule has 1 amide bonds. The zero-order chi connectivity index (χ0) is 15.4. The average Bonchev–Trinajstić information content (AvgIpc) is 3.08. The van der Waals surface area contributed by atoms with E-state index in [-0.39, 0.29) is 6.04 Å². The van der Waals surface area contributed by atoms with Crippen LogP contribution in [0, 0.1) is 0 Å². The highest BCUT2D eigenvalue weighted by molar-refractivity contribution is 5.80. The molecule has 3 fully saturated rings. The second-order valence-corrected chi connectivity index (χ2v) is 7.86. The van der Waals surface area contributed by atoms with Crippen LogP contribution in [0.15, 0.2) is 0 Å². The molecule has 2 aliphatic heterocycles. The normalized spacial score (nSPS) is 32.8. The first kappa shape index (κ1) is 16.3. The van der Waals surface area contributed by atoms with Crippen molar-refractivity contribution in [1.29, 1.82) is 0 Å². The molecule has 3 rings (SSSR count). The Bertz CT molecular complexity index is 353. The van der Waals surface area contributed by atoms with Gasteiger partial charge in [0.05, 0.1) is 32.2 Å². The molecular weight excluding hydrogens is 274 g/mol. The molecule has 4 nitrogen and oxygen atoms in total. The molecule has 1 aliphatic carbocycles. The first-order valence-corrected chi connectivity index (χ1v) is 9.73. The molecule has 0 bridgehead atoms. The lowest BCUT2D eigenvalue weighted by molar-refractivity contribution is -0.965. The molecule has 0 spiro atoms.